The predicted molar refractivity (Wildman–Crippen MR) is 141 cm³/mol. The maximum Gasteiger partial charge on any atom is 0.258 e. The molecular formula is C29H33N3O3. The highest BCUT2D eigenvalue weighted by Crippen LogP contribution is 2.27. The van der Waals surface area contributed by atoms with Crippen molar-refractivity contribution in [3.63, 3.8) is 0 Å². The van der Waals surface area contributed by atoms with Gasteiger partial charge in [-0.1, -0.05) is 54.8 Å². The first-order valence-electron chi connectivity index (χ1n) is 12.2. The Hall–Kier alpha value is -3.45. The molecule has 4 N–H and O–H groups in total. The second kappa shape index (κ2) is 11.8. The Kier molecular flexibility index (Phi) is 8.32. The Morgan fingerprint density at radius 1 is 0.914 bits per heavy atom. The van der Waals surface area contributed by atoms with Gasteiger partial charge in [0, 0.05) is 29.5 Å². The van der Waals surface area contributed by atoms with E-state index in [2.05, 4.69) is 41.4 Å². The molecule has 182 valence electrons. The van der Waals surface area contributed by atoms with Gasteiger partial charge in [-0.3, -0.25) is 4.79 Å². The number of fused-ring (bicyclic) bond motifs is 1. The second-order valence-electron chi connectivity index (χ2n) is 9.00. The van der Waals surface area contributed by atoms with Gasteiger partial charge < -0.3 is 20.2 Å². The van der Waals surface area contributed by atoms with E-state index in [1.807, 2.05) is 59.9 Å². The fraction of sp³-hybridized carbons (Fsp3) is 0.276. The number of rotatable bonds is 11. The zero-order chi connectivity index (χ0) is 24.6. The highest BCUT2D eigenvalue weighted by atomic mass is 16.5. The van der Waals surface area contributed by atoms with Crippen molar-refractivity contribution in [1.29, 1.82) is 0 Å². The molecule has 35 heavy (non-hydrogen) atoms. The molecule has 0 spiro atoms. The minimum absolute atomic E-state index is 0.00884. The van der Waals surface area contributed by atoms with Crippen LogP contribution in [0.3, 0.4) is 0 Å². The molecule has 0 radical (unpaired) electrons. The molecular weight excluding hydrogens is 438 g/mol. The molecule has 3 aromatic carbocycles. The number of hydroxylamine groups is 1. The molecule has 1 unspecified atom stereocenters. The summed E-state index contributed by atoms with van der Waals surface area (Å²) >= 11 is 0. The molecule has 0 bridgehead atoms. The number of nitrogens with zero attached hydrogens (tertiary/aromatic N) is 1. The fourth-order valence-electron chi connectivity index (χ4n) is 4.29. The summed E-state index contributed by atoms with van der Waals surface area (Å²) in [7, 11) is 0. The highest BCUT2D eigenvalue weighted by Gasteiger charge is 2.18. The van der Waals surface area contributed by atoms with E-state index in [1.165, 1.54) is 5.39 Å². The number of aryl methyl sites for hydroxylation is 1. The maximum absolute atomic E-state index is 13.4. The standard InChI is InChI=1S/C29H33N3O3/c1-21-7-9-24(10-8-21)29(34)32(19-5-3-2-4-6-28(33)31-35)26-15-13-22(14-16-26)25-12-11-23-17-18-30-27(23)20-25/h7-18,20,28,30-31,33,35H,2-6,19H2,1H3. The van der Waals surface area contributed by atoms with Crippen molar-refractivity contribution in [1.82, 2.24) is 10.5 Å². The van der Waals surface area contributed by atoms with E-state index in [9.17, 15) is 9.90 Å². The van der Waals surface area contributed by atoms with Crippen molar-refractivity contribution in [2.75, 3.05) is 11.4 Å². The second-order valence-corrected chi connectivity index (χ2v) is 9.00. The Labute approximate surface area is 206 Å². The largest absolute Gasteiger partial charge is 0.377 e. The van der Waals surface area contributed by atoms with Crippen LogP contribution in [0.25, 0.3) is 22.0 Å². The quantitative estimate of drug-likeness (QED) is 0.122. The minimum Gasteiger partial charge on any atom is -0.377 e. The molecule has 0 fully saturated rings. The number of aliphatic hydroxyl groups excluding tert-OH is 1. The molecule has 0 saturated carbocycles. The molecule has 0 aliphatic rings. The van der Waals surface area contributed by atoms with E-state index < -0.39 is 6.23 Å². The van der Waals surface area contributed by atoms with Crippen LogP contribution < -0.4 is 10.4 Å². The van der Waals surface area contributed by atoms with Crippen molar-refractivity contribution >= 4 is 22.5 Å². The van der Waals surface area contributed by atoms with Gasteiger partial charge >= 0.3 is 0 Å². The summed E-state index contributed by atoms with van der Waals surface area (Å²) in [6.45, 7) is 2.62. The smallest absolute Gasteiger partial charge is 0.258 e. The highest BCUT2D eigenvalue weighted by molar-refractivity contribution is 6.06. The third kappa shape index (κ3) is 6.36. The topological polar surface area (TPSA) is 88.6 Å². The van der Waals surface area contributed by atoms with E-state index >= 15 is 0 Å². The van der Waals surface area contributed by atoms with Gasteiger partial charge in [-0.15, -0.1) is 0 Å². The van der Waals surface area contributed by atoms with Gasteiger partial charge in [0.15, 0.2) is 0 Å². The summed E-state index contributed by atoms with van der Waals surface area (Å²) in [5.41, 5.74) is 7.86. The van der Waals surface area contributed by atoms with E-state index in [1.54, 1.807) is 0 Å². The van der Waals surface area contributed by atoms with Crippen LogP contribution in [0.15, 0.2) is 79.0 Å². The molecule has 0 saturated heterocycles. The number of aromatic amines is 1. The summed E-state index contributed by atoms with van der Waals surface area (Å²) in [4.78, 5) is 18.5. The Morgan fingerprint density at radius 2 is 1.63 bits per heavy atom. The number of unbranched alkanes of at least 4 members (excludes halogenated alkanes) is 3. The SMILES string of the molecule is Cc1ccc(C(=O)N(CCCCCCC(O)NO)c2ccc(-c3ccc4cc[nH]c4c3)cc2)cc1. The molecule has 1 amide bonds. The van der Waals surface area contributed by atoms with Gasteiger partial charge in [-0.05, 0) is 79.1 Å². The molecule has 4 aromatic rings. The van der Waals surface area contributed by atoms with Crippen molar-refractivity contribution in [2.45, 2.75) is 45.3 Å². The van der Waals surface area contributed by atoms with Crippen molar-refractivity contribution in [2.24, 2.45) is 0 Å². The molecule has 6 heteroatoms. The van der Waals surface area contributed by atoms with Crippen LogP contribution in [0.4, 0.5) is 5.69 Å². The molecule has 1 atom stereocenters. The molecule has 1 heterocycles. The number of carbonyl (C=O) groups excluding carboxylic acids is 1. The van der Waals surface area contributed by atoms with Crippen LogP contribution in [0.1, 0.15) is 48.0 Å². The van der Waals surface area contributed by atoms with Gasteiger partial charge in [0.2, 0.25) is 0 Å². The third-order valence-electron chi connectivity index (χ3n) is 6.37. The fourth-order valence-corrected chi connectivity index (χ4v) is 4.29. The average molecular weight is 472 g/mol. The molecule has 0 aliphatic carbocycles. The Morgan fingerprint density at radius 3 is 2.37 bits per heavy atom. The number of benzene rings is 3. The first kappa shape index (κ1) is 24.7. The van der Waals surface area contributed by atoms with Crippen molar-refractivity contribution in [3.05, 3.63) is 90.1 Å². The maximum atomic E-state index is 13.4. The summed E-state index contributed by atoms with van der Waals surface area (Å²) in [5.74, 6) is -0.00884. The molecule has 1 aromatic heterocycles. The number of H-pyrrole nitrogens is 1. The van der Waals surface area contributed by atoms with Crippen LogP contribution in [0.2, 0.25) is 0 Å². The lowest BCUT2D eigenvalue weighted by atomic mass is 10.0. The zero-order valence-electron chi connectivity index (χ0n) is 20.1. The predicted octanol–water partition coefficient (Wildman–Crippen LogP) is 6.04. The lowest BCUT2D eigenvalue weighted by Gasteiger charge is -2.23. The molecule has 6 nitrogen and oxygen atoms in total. The normalized spacial score (nSPS) is 12.1. The number of aliphatic hydroxyl groups is 1. The number of amides is 1. The Bertz CT molecular complexity index is 1230. The van der Waals surface area contributed by atoms with Crippen LogP contribution in [-0.2, 0) is 0 Å². The van der Waals surface area contributed by atoms with E-state index in [-0.39, 0.29) is 5.91 Å². The van der Waals surface area contributed by atoms with Crippen molar-refractivity contribution in [3.8, 4) is 11.1 Å². The zero-order valence-corrected chi connectivity index (χ0v) is 20.1. The Balaban J connectivity index is 1.48. The number of carbonyl (C=O) groups is 1. The van der Waals surface area contributed by atoms with Gasteiger partial charge in [0.1, 0.15) is 6.23 Å². The first-order chi connectivity index (χ1) is 17.0. The van der Waals surface area contributed by atoms with Gasteiger partial charge in [-0.25, -0.2) is 0 Å². The lowest BCUT2D eigenvalue weighted by Crippen LogP contribution is -2.32. The van der Waals surface area contributed by atoms with Crippen LogP contribution in [0.5, 0.6) is 0 Å². The number of aromatic nitrogens is 1. The summed E-state index contributed by atoms with van der Waals surface area (Å²) < 4.78 is 0. The summed E-state index contributed by atoms with van der Waals surface area (Å²) in [6.07, 6.45) is 5.07. The van der Waals surface area contributed by atoms with E-state index in [0.717, 1.165) is 53.6 Å². The number of nitrogens with one attached hydrogen (secondary N) is 2. The van der Waals surface area contributed by atoms with E-state index in [4.69, 9.17) is 5.21 Å². The number of hydrogen-bond acceptors (Lipinski definition) is 4. The average Bonchev–Trinajstić information content (AvgIpc) is 3.36. The van der Waals surface area contributed by atoms with Gasteiger partial charge in [0.25, 0.3) is 5.91 Å². The first-order valence-corrected chi connectivity index (χ1v) is 12.2. The third-order valence-corrected chi connectivity index (χ3v) is 6.37. The van der Waals surface area contributed by atoms with Crippen LogP contribution in [0, 0.1) is 6.92 Å². The van der Waals surface area contributed by atoms with Gasteiger partial charge in [0.05, 0.1) is 0 Å². The number of anilines is 1. The van der Waals surface area contributed by atoms with Crippen LogP contribution in [-0.4, -0.2) is 34.0 Å². The van der Waals surface area contributed by atoms with Gasteiger partial charge in [-0.2, -0.15) is 5.48 Å². The summed E-state index contributed by atoms with van der Waals surface area (Å²) in [6, 6.07) is 24.3. The van der Waals surface area contributed by atoms with Crippen LogP contribution >= 0.6 is 0 Å². The van der Waals surface area contributed by atoms with E-state index in [0.29, 0.717) is 18.5 Å². The lowest BCUT2D eigenvalue weighted by molar-refractivity contribution is -0.00392. The monoisotopic (exact) mass is 471 g/mol. The minimum atomic E-state index is -0.883. The molecule has 4 rings (SSSR count). The summed E-state index contributed by atoms with van der Waals surface area (Å²) in [5, 5.41) is 19.3. The van der Waals surface area contributed by atoms with Crippen molar-refractivity contribution < 1.29 is 15.1 Å². The number of hydrogen-bond donors (Lipinski definition) is 4. The molecule has 0 aliphatic heterocycles.